The van der Waals surface area contributed by atoms with Crippen LogP contribution in [0.1, 0.15) is 31.9 Å². The van der Waals surface area contributed by atoms with E-state index in [9.17, 15) is 8.42 Å². The zero-order valence-electron chi connectivity index (χ0n) is 14.9. The van der Waals surface area contributed by atoms with E-state index < -0.39 is 9.84 Å². The predicted molar refractivity (Wildman–Crippen MR) is 119 cm³/mol. The monoisotopic (exact) mass is 508 g/mol. The van der Waals surface area contributed by atoms with Crippen LogP contribution in [0.2, 0.25) is 0 Å². The van der Waals surface area contributed by atoms with Crippen molar-refractivity contribution in [3.05, 3.63) is 29.3 Å². The Labute approximate surface area is 175 Å². The van der Waals surface area contributed by atoms with Gasteiger partial charge in [-0.2, -0.15) is 0 Å². The maximum Gasteiger partial charge on any atom is 0.191 e. The van der Waals surface area contributed by atoms with Crippen molar-refractivity contribution in [2.45, 2.75) is 26.3 Å². The van der Waals surface area contributed by atoms with Crippen LogP contribution in [0.25, 0.3) is 10.2 Å². The smallest absolute Gasteiger partial charge is 0.191 e. The van der Waals surface area contributed by atoms with Gasteiger partial charge in [0.1, 0.15) is 0 Å². The Hall–Kier alpha value is -0.940. The maximum atomic E-state index is 11.6. The summed E-state index contributed by atoms with van der Waals surface area (Å²) in [5.74, 6) is 1.41. The minimum Gasteiger partial charge on any atom is -0.357 e. The van der Waals surface area contributed by atoms with Crippen LogP contribution in [0.15, 0.2) is 28.7 Å². The molecule has 1 aliphatic heterocycles. The van der Waals surface area contributed by atoms with Gasteiger partial charge in [-0.15, -0.1) is 35.3 Å². The quantitative estimate of drug-likeness (QED) is 0.369. The molecule has 26 heavy (non-hydrogen) atoms. The molecule has 9 heteroatoms. The highest BCUT2D eigenvalue weighted by Gasteiger charge is 2.27. The first-order valence-electron chi connectivity index (χ1n) is 8.55. The number of fused-ring (bicyclic) bond motifs is 1. The Morgan fingerprint density at radius 2 is 2.27 bits per heavy atom. The molecular formula is C17H25IN4O2S2. The third kappa shape index (κ3) is 5.53. The molecule has 0 saturated carbocycles. The lowest BCUT2D eigenvalue weighted by atomic mass is 10.1. The summed E-state index contributed by atoms with van der Waals surface area (Å²) in [6, 6.07) is 6.36. The van der Waals surface area contributed by atoms with Crippen LogP contribution in [-0.2, 0) is 9.84 Å². The standard InChI is InChI=1S/C17H24N4O2S2.HI/c1-3-18-17(19-9-13-6-7-25(22,23)10-13)21-12(2)14-4-5-15-16(8-14)24-11-20-15;/h4-5,8,11-13H,3,6-7,9-10H2,1-2H3,(H2,18,19,21);1H. The molecule has 2 heterocycles. The fraction of sp³-hybridized carbons (Fsp3) is 0.529. The summed E-state index contributed by atoms with van der Waals surface area (Å²) >= 11 is 1.63. The van der Waals surface area contributed by atoms with E-state index in [1.165, 1.54) is 10.3 Å². The molecule has 2 atom stereocenters. The van der Waals surface area contributed by atoms with Crippen LogP contribution < -0.4 is 10.6 Å². The molecule has 0 aliphatic carbocycles. The van der Waals surface area contributed by atoms with E-state index in [1.807, 2.05) is 18.5 Å². The summed E-state index contributed by atoms with van der Waals surface area (Å²) in [4.78, 5) is 8.91. The molecule has 1 aromatic carbocycles. The van der Waals surface area contributed by atoms with E-state index in [1.54, 1.807) is 11.3 Å². The maximum absolute atomic E-state index is 11.6. The highest BCUT2D eigenvalue weighted by molar-refractivity contribution is 14.0. The number of hydrogen-bond acceptors (Lipinski definition) is 5. The number of benzene rings is 1. The second-order valence-corrected chi connectivity index (χ2v) is 9.55. The number of halogens is 1. The largest absolute Gasteiger partial charge is 0.357 e. The van der Waals surface area contributed by atoms with Gasteiger partial charge in [-0.05, 0) is 43.9 Å². The summed E-state index contributed by atoms with van der Waals surface area (Å²) in [5.41, 5.74) is 4.04. The average Bonchev–Trinajstić information content (AvgIpc) is 3.17. The van der Waals surface area contributed by atoms with E-state index in [0.717, 1.165) is 18.0 Å². The minimum atomic E-state index is -2.85. The van der Waals surface area contributed by atoms with Gasteiger partial charge in [-0.3, -0.25) is 4.99 Å². The van der Waals surface area contributed by atoms with E-state index in [2.05, 4.69) is 39.7 Å². The van der Waals surface area contributed by atoms with Crippen molar-refractivity contribution in [3.63, 3.8) is 0 Å². The first kappa shape index (κ1) is 21.4. The van der Waals surface area contributed by atoms with Crippen LogP contribution in [-0.4, -0.2) is 44.0 Å². The summed E-state index contributed by atoms with van der Waals surface area (Å²) in [5, 5.41) is 6.65. The number of guanidine groups is 1. The molecule has 3 rings (SSSR count). The van der Waals surface area contributed by atoms with Gasteiger partial charge in [0.25, 0.3) is 0 Å². The first-order valence-corrected chi connectivity index (χ1v) is 11.3. The summed E-state index contributed by atoms with van der Waals surface area (Å²) in [7, 11) is -2.85. The van der Waals surface area contributed by atoms with Crippen LogP contribution in [0, 0.1) is 5.92 Å². The lowest BCUT2D eigenvalue weighted by Crippen LogP contribution is -2.39. The van der Waals surface area contributed by atoms with E-state index in [0.29, 0.717) is 18.7 Å². The zero-order chi connectivity index (χ0) is 17.9. The van der Waals surface area contributed by atoms with Crippen molar-refractivity contribution in [3.8, 4) is 0 Å². The molecule has 1 saturated heterocycles. The van der Waals surface area contributed by atoms with E-state index in [4.69, 9.17) is 0 Å². The number of aromatic nitrogens is 1. The molecule has 2 aromatic rings. The van der Waals surface area contributed by atoms with Gasteiger partial charge in [0.15, 0.2) is 15.8 Å². The molecule has 2 N–H and O–H groups in total. The van der Waals surface area contributed by atoms with Gasteiger partial charge >= 0.3 is 0 Å². The van der Waals surface area contributed by atoms with Crippen molar-refractivity contribution < 1.29 is 8.42 Å². The molecule has 0 radical (unpaired) electrons. The van der Waals surface area contributed by atoms with Crippen LogP contribution in [0.4, 0.5) is 0 Å². The molecule has 0 amide bonds. The second kappa shape index (κ2) is 9.32. The number of sulfone groups is 1. The highest BCUT2D eigenvalue weighted by Crippen LogP contribution is 2.23. The predicted octanol–water partition coefficient (Wildman–Crippen LogP) is 2.97. The van der Waals surface area contributed by atoms with Gasteiger partial charge < -0.3 is 10.6 Å². The van der Waals surface area contributed by atoms with Crippen LogP contribution in [0.5, 0.6) is 0 Å². The number of aliphatic imine (C=N–C) groups is 1. The van der Waals surface area contributed by atoms with Crippen molar-refractivity contribution >= 4 is 61.3 Å². The van der Waals surface area contributed by atoms with Crippen LogP contribution >= 0.6 is 35.3 Å². The SMILES string of the molecule is CCNC(=NCC1CCS(=O)(=O)C1)NC(C)c1ccc2ncsc2c1.I. The second-order valence-electron chi connectivity index (χ2n) is 6.43. The fourth-order valence-electron chi connectivity index (χ4n) is 2.99. The molecule has 6 nitrogen and oxygen atoms in total. The Kier molecular flexibility index (Phi) is 7.65. The molecule has 1 aromatic heterocycles. The normalized spacial score (nSPS) is 20.5. The Balaban J connectivity index is 0.00000243. The fourth-order valence-corrected chi connectivity index (χ4v) is 5.56. The lowest BCUT2D eigenvalue weighted by molar-refractivity contribution is 0.588. The van der Waals surface area contributed by atoms with Crippen molar-refractivity contribution in [2.75, 3.05) is 24.6 Å². The number of nitrogens with one attached hydrogen (secondary N) is 2. The van der Waals surface area contributed by atoms with Gasteiger partial charge in [0.05, 0.1) is 33.3 Å². The summed E-state index contributed by atoms with van der Waals surface area (Å²) in [6.45, 7) is 5.41. The van der Waals surface area contributed by atoms with Crippen molar-refractivity contribution in [1.82, 2.24) is 15.6 Å². The van der Waals surface area contributed by atoms with Crippen molar-refractivity contribution in [2.24, 2.45) is 10.9 Å². The molecule has 0 bridgehead atoms. The Morgan fingerprint density at radius 1 is 1.46 bits per heavy atom. The molecule has 1 aliphatic rings. The van der Waals surface area contributed by atoms with Gasteiger partial charge in [-0.25, -0.2) is 13.4 Å². The summed E-state index contributed by atoms with van der Waals surface area (Å²) < 4.78 is 24.3. The lowest BCUT2D eigenvalue weighted by Gasteiger charge is -2.18. The molecule has 0 spiro atoms. The highest BCUT2D eigenvalue weighted by atomic mass is 127. The first-order chi connectivity index (χ1) is 12.0. The zero-order valence-corrected chi connectivity index (χ0v) is 18.9. The molecular weight excluding hydrogens is 483 g/mol. The van der Waals surface area contributed by atoms with Crippen molar-refractivity contribution in [1.29, 1.82) is 0 Å². The third-order valence-electron chi connectivity index (χ3n) is 4.39. The number of hydrogen-bond donors (Lipinski definition) is 2. The van der Waals surface area contributed by atoms with Gasteiger partial charge in [0.2, 0.25) is 0 Å². The number of thiazole rings is 1. The van der Waals surface area contributed by atoms with E-state index in [-0.39, 0.29) is 41.7 Å². The third-order valence-corrected chi connectivity index (χ3v) is 7.02. The van der Waals surface area contributed by atoms with Gasteiger partial charge in [0, 0.05) is 13.1 Å². The van der Waals surface area contributed by atoms with E-state index >= 15 is 0 Å². The minimum absolute atomic E-state index is 0. The van der Waals surface area contributed by atoms with Gasteiger partial charge in [-0.1, -0.05) is 6.07 Å². The Bertz CT molecular complexity index is 867. The molecule has 2 unspecified atom stereocenters. The van der Waals surface area contributed by atoms with Crippen LogP contribution in [0.3, 0.4) is 0 Å². The summed E-state index contributed by atoms with van der Waals surface area (Å²) in [6.07, 6.45) is 0.711. The topological polar surface area (TPSA) is 83.5 Å². The average molecular weight is 508 g/mol. The number of rotatable bonds is 5. The Morgan fingerprint density at radius 3 is 2.96 bits per heavy atom. The molecule has 144 valence electrons. The number of nitrogens with zero attached hydrogens (tertiary/aromatic N) is 2. The molecule has 1 fully saturated rings.